The van der Waals surface area contributed by atoms with Gasteiger partial charge in [-0.25, -0.2) is 0 Å². The van der Waals surface area contributed by atoms with Gasteiger partial charge in [0.1, 0.15) is 0 Å². The van der Waals surface area contributed by atoms with Crippen LogP contribution in [-0.2, 0) is 17.7 Å². The lowest BCUT2D eigenvalue weighted by atomic mass is 9.84. The number of aliphatic imine (C=N–C) groups is 1. The molecule has 3 rings (SSSR count). The van der Waals surface area contributed by atoms with E-state index in [0.29, 0.717) is 12.6 Å². The molecule has 6 nitrogen and oxygen atoms in total. The van der Waals surface area contributed by atoms with E-state index in [1.54, 1.807) is 7.05 Å². The van der Waals surface area contributed by atoms with E-state index < -0.39 is 0 Å². The number of hydrogen-bond donors (Lipinski definition) is 3. The minimum atomic E-state index is 0.0224. The largest absolute Gasteiger partial charge is 0.396 e. The zero-order valence-corrected chi connectivity index (χ0v) is 16.7. The van der Waals surface area contributed by atoms with Crippen LogP contribution >= 0.6 is 0 Å². The first-order chi connectivity index (χ1) is 13.2. The standard InChI is InChI=1S/C21H34N4O2/c1-17(25-10-7-18-5-3-4-6-19(18)14-25)13-23-20(22-2)24-15-21(8-11-26)9-12-27-16-21/h3-6,17,26H,7-16H2,1-2H3,(H2,22,23,24). The average molecular weight is 375 g/mol. The molecule has 0 spiro atoms. The molecular weight excluding hydrogens is 340 g/mol. The molecule has 0 amide bonds. The Kier molecular flexibility index (Phi) is 7.10. The van der Waals surface area contributed by atoms with Gasteiger partial charge in [-0.3, -0.25) is 9.89 Å². The lowest BCUT2D eigenvalue weighted by Gasteiger charge is -2.34. The first-order valence-corrected chi connectivity index (χ1v) is 10.1. The molecule has 0 radical (unpaired) electrons. The minimum Gasteiger partial charge on any atom is -0.396 e. The van der Waals surface area contributed by atoms with E-state index >= 15 is 0 Å². The summed E-state index contributed by atoms with van der Waals surface area (Å²) in [5.74, 6) is 0.823. The predicted octanol–water partition coefficient (Wildman–Crippen LogP) is 1.39. The third-order valence-electron chi connectivity index (χ3n) is 6.03. The fourth-order valence-electron chi connectivity index (χ4n) is 4.07. The number of aliphatic hydroxyl groups is 1. The molecule has 0 aromatic heterocycles. The molecule has 2 unspecified atom stereocenters. The highest BCUT2D eigenvalue weighted by atomic mass is 16.5. The summed E-state index contributed by atoms with van der Waals surface area (Å²) in [6.45, 7) is 7.70. The van der Waals surface area contributed by atoms with Crippen LogP contribution in [0.3, 0.4) is 0 Å². The molecule has 1 saturated heterocycles. The van der Waals surface area contributed by atoms with E-state index in [1.807, 2.05) is 0 Å². The number of guanidine groups is 1. The van der Waals surface area contributed by atoms with E-state index in [2.05, 4.69) is 51.7 Å². The predicted molar refractivity (Wildman–Crippen MR) is 109 cm³/mol. The van der Waals surface area contributed by atoms with Crippen LogP contribution in [0.2, 0.25) is 0 Å². The summed E-state index contributed by atoms with van der Waals surface area (Å²) in [5, 5.41) is 16.3. The molecular formula is C21H34N4O2. The summed E-state index contributed by atoms with van der Waals surface area (Å²) in [6.07, 6.45) is 2.87. The van der Waals surface area contributed by atoms with Gasteiger partial charge in [-0.05, 0) is 37.3 Å². The van der Waals surface area contributed by atoms with Crippen molar-refractivity contribution in [1.82, 2.24) is 15.5 Å². The fourth-order valence-corrected chi connectivity index (χ4v) is 4.07. The third kappa shape index (κ3) is 5.21. The third-order valence-corrected chi connectivity index (χ3v) is 6.03. The topological polar surface area (TPSA) is 69.1 Å². The molecule has 0 aliphatic carbocycles. The molecule has 150 valence electrons. The second-order valence-corrected chi connectivity index (χ2v) is 7.92. The van der Waals surface area contributed by atoms with Crippen LogP contribution in [-0.4, -0.2) is 68.5 Å². The van der Waals surface area contributed by atoms with Crippen LogP contribution in [0.25, 0.3) is 0 Å². The van der Waals surface area contributed by atoms with Crippen LogP contribution in [0.4, 0.5) is 0 Å². The van der Waals surface area contributed by atoms with Crippen LogP contribution in [0, 0.1) is 5.41 Å². The molecule has 1 aromatic rings. The van der Waals surface area contributed by atoms with Gasteiger partial charge in [0.05, 0.1) is 6.61 Å². The second kappa shape index (κ2) is 9.53. The highest BCUT2D eigenvalue weighted by molar-refractivity contribution is 5.79. The Bertz CT molecular complexity index is 628. The first kappa shape index (κ1) is 20.1. The molecule has 1 aromatic carbocycles. The number of fused-ring (bicyclic) bond motifs is 1. The van der Waals surface area contributed by atoms with Crippen molar-refractivity contribution in [1.29, 1.82) is 0 Å². The van der Waals surface area contributed by atoms with Crippen molar-refractivity contribution in [3.05, 3.63) is 35.4 Å². The number of nitrogens with one attached hydrogen (secondary N) is 2. The maximum absolute atomic E-state index is 9.37. The zero-order valence-electron chi connectivity index (χ0n) is 16.7. The van der Waals surface area contributed by atoms with E-state index in [1.165, 1.54) is 11.1 Å². The minimum absolute atomic E-state index is 0.0224. The number of aliphatic hydroxyl groups excluding tert-OH is 1. The molecule has 2 aliphatic rings. The fraction of sp³-hybridized carbons (Fsp3) is 0.667. The van der Waals surface area contributed by atoms with Crippen LogP contribution in [0.15, 0.2) is 29.3 Å². The molecule has 3 N–H and O–H groups in total. The smallest absolute Gasteiger partial charge is 0.191 e. The highest BCUT2D eigenvalue weighted by Crippen LogP contribution is 2.31. The molecule has 2 heterocycles. The number of rotatable bonds is 7. The Morgan fingerprint density at radius 2 is 2.15 bits per heavy atom. The second-order valence-electron chi connectivity index (χ2n) is 7.92. The van der Waals surface area contributed by atoms with Crippen molar-refractivity contribution in [2.24, 2.45) is 10.4 Å². The molecule has 27 heavy (non-hydrogen) atoms. The molecule has 0 saturated carbocycles. The maximum atomic E-state index is 9.37. The Labute approximate surface area is 163 Å². The SMILES string of the molecule is CN=C(NCC(C)N1CCc2ccccc2C1)NCC1(CCO)CCOC1. The molecule has 6 heteroatoms. The Hall–Kier alpha value is -1.63. The Balaban J connectivity index is 1.46. The average Bonchev–Trinajstić information content (AvgIpc) is 3.16. The van der Waals surface area contributed by atoms with Gasteiger partial charge >= 0.3 is 0 Å². The van der Waals surface area contributed by atoms with Crippen molar-refractivity contribution >= 4 is 5.96 Å². The highest BCUT2D eigenvalue weighted by Gasteiger charge is 2.34. The van der Waals surface area contributed by atoms with E-state index in [-0.39, 0.29) is 12.0 Å². The summed E-state index contributed by atoms with van der Waals surface area (Å²) in [5.41, 5.74) is 2.96. The molecule has 2 atom stereocenters. The van der Waals surface area contributed by atoms with Crippen molar-refractivity contribution in [2.45, 2.75) is 38.8 Å². The van der Waals surface area contributed by atoms with Gasteiger partial charge < -0.3 is 20.5 Å². The zero-order chi connectivity index (χ0) is 19.1. The maximum Gasteiger partial charge on any atom is 0.191 e. The van der Waals surface area contributed by atoms with Gasteiger partial charge in [0.15, 0.2) is 5.96 Å². The number of benzene rings is 1. The summed E-state index contributed by atoms with van der Waals surface area (Å²) in [7, 11) is 1.81. The van der Waals surface area contributed by atoms with Gasteiger partial charge in [-0.2, -0.15) is 0 Å². The van der Waals surface area contributed by atoms with Crippen LogP contribution < -0.4 is 10.6 Å². The molecule has 0 bridgehead atoms. The van der Waals surface area contributed by atoms with Gasteiger partial charge in [0.2, 0.25) is 0 Å². The van der Waals surface area contributed by atoms with Crippen molar-refractivity contribution in [3.8, 4) is 0 Å². The number of hydrogen-bond acceptors (Lipinski definition) is 4. The van der Waals surface area contributed by atoms with Gasteiger partial charge in [0, 0.05) is 57.9 Å². The Morgan fingerprint density at radius 3 is 2.85 bits per heavy atom. The first-order valence-electron chi connectivity index (χ1n) is 10.1. The number of ether oxygens (including phenoxy) is 1. The Morgan fingerprint density at radius 1 is 1.33 bits per heavy atom. The van der Waals surface area contributed by atoms with E-state index in [0.717, 1.165) is 58.0 Å². The lowest BCUT2D eigenvalue weighted by molar-refractivity contribution is 0.127. The summed E-state index contributed by atoms with van der Waals surface area (Å²) in [6, 6.07) is 9.18. The van der Waals surface area contributed by atoms with E-state index in [9.17, 15) is 5.11 Å². The van der Waals surface area contributed by atoms with Crippen LogP contribution in [0.1, 0.15) is 30.9 Å². The summed E-state index contributed by atoms with van der Waals surface area (Å²) in [4.78, 5) is 6.89. The van der Waals surface area contributed by atoms with Gasteiger partial charge in [-0.1, -0.05) is 24.3 Å². The van der Waals surface area contributed by atoms with Gasteiger partial charge in [-0.15, -0.1) is 0 Å². The van der Waals surface area contributed by atoms with Crippen molar-refractivity contribution in [3.63, 3.8) is 0 Å². The number of nitrogens with zero attached hydrogens (tertiary/aromatic N) is 2. The van der Waals surface area contributed by atoms with E-state index in [4.69, 9.17) is 4.74 Å². The quantitative estimate of drug-likeness (QED) is 0.497. The summed E-state index contributed by atoms with van der Waals surface area (Å²) < 4.78 is 5.57. The van der Waals surface area contributed by atoms with Crippen molar-refractivity contribution < 1.29 is 9.84 Å². The van der Waals surface area contributed by atoms with Gasteiger partial charge in [0.25, 0.3) is 0 Å². The normalized spacial score (nSPS) is 24.5. The molecule has 2 aliphatic heterocycles. The summed E-state index contributed by atoms with van der Waals surface area (Å²) >= 11 is 0. The van der Waals surface area contributed by atoms with Crippen LogP contribution in [0.5, 0.6) is 0 Å². The molecule has 1 fully saturated rings. The lowest BCUT2D eigenvalue weighted by Crippen LogP contribution is -2.49. The monoisotopic (exact) mass is 374 g/mol. The van der Waals surface area contributed by atoms with Crippen molar-refractivity contribution in [2.75, 3.05) is 46.5 Å².